The zero-order valence-electron chi connectivity index (χ0n) is 9.34. The van der Waals surface area contributed by atoms with Crippen LogP contribution in [0.25, 0.3) is 0 Å². The summed E-state index contributed by atoms with van der Waals surface area (Å²) in [4.78, 5) is 0. The van der Waals surface area contributed by atoms with E-state index in [1.165, 1.54) is 6.07 Å². The maximum atomic E-state index is 13.5. The van der Waals surface area contributed by atoms with Crippen molar-refractivity contribution >= 4 is 39.1 Å². The van der Waals surface area contributed by atoms with Crippen molar-refractivity contribution in [2.45, 2.75) is 11.8 Å². The summed E-state index contributed by atoms with van der Waals surface area (Å²) in [5.41, 5.74) is 1.52. The molecule has 2 aromatic rings. The minimum atomic E-state index is -0.298. The van der Waals surface area contributed by atoms with E-state index < -0.39 is 0 Å². The molecule has 1 atom stereocenters. The summed E-state index contributed by atoms with van der Waals surface area (Å²) in [6, 6.07) is 12.1. The molecule has 1 unspecified atom stereocenters. The van der Waals surface area contributed by atoms with Crippen molar-refractivity contribution in [2.75, 3.05) is 0 Å². The van der Waals surface area contributed by atoms with Gasteiger partial charge in [0, 0.05) is 9.50 Å². The number of hydrogen-bond donors (Lipinski definition) is 0. The van der Waals surface area contributed by atoms with Gasteiger partial charge in [-0.1, -0.05) is 51.8 Å². The van der Waals surface area contributed by atoms with E-state index in [1.54, 1.807) is 30.3 Å². The maximum Gasteiger partial charge on any atom is 0.126 e. The van der Waals surface area contributed by atoms with Crippen molar-refractivity contribution in [1.82, 2.24) is 0 Å². The fourth-order valence-corrected chi connectivity index (χ4v) is 3.17. The highest BCUT2D eigenvalue weighted by Gasteiger charge is 2.14. The molecule has 0 fully saturated rings. The summed E-state index contributed by atoms with van der Waals surface area (Å²) >= 11 is 15.6. The van der Waals surface area contributed by atoms with Gasteiger partial charge in [0.05, 0.1) is 5.38 Å². The van der Waals surface area contributed by atoms with Crippen LogP contribution in [0, 0.1) is 5.82 Å². The van der Waals surface area contributed by atoms with Gasteiger partial charge in [-0.3, -0.25) is 0 Å². The Morgan fingerprint density at radius 3 is 2.56 bits per heavy atom. The lowest BCUT2D eigenvalue weighted by Crippen LogP contribution is -1.99. The highest BCUT2D eigenvalue weighted by Crippen LogP contribution is 2.33. The van der Waals surface area contributed by atoms with E-state index in [0.29, 0.717) is 17.0 Å². The van der Waals surface area contributed by atoms with E-state index in [0.717, 1.165) is 10.0 Å². The molecule has 2 rings (SSSR count). The molecule has 0 N–H and O–H groups in total. The second kappa shape index (κ2) is 6.05. The Morgan fingerprint density at radius 1 is 1.17 bits per heavy atom. The van der Waals surface area contributed by atoms with Crippen LogP contribution in [0.4, 0.5) is 4.39 Å². The van der Waals surface area contributed by atoms with Gasteiger partial charge in [0.2, 0.25) is 0 Å². The van der Waals surface area contributed by atoms with Gasteiger partial charge in [0.15, 0.2) is 0 Å². The molecule has 0 aliphatic heterocycles. The normalized spacial score (nSPS) is 12.4. The third-order valence-corrected chi connectivity index (χ3v) is 3.97. The third kappa shape index (κ3) is 3.25. The first-order chi connectivity index (χ1) is 8.58. The summed E-state index contributed by atoms with van der Waals surface area (Å²) in [6.07, 6.45) is 0.439. The Morgan fingerprint density at radius 2 is 1.89 bits per heavy atom. The fourth-order valence-electron chi connectivity index (χ4n) is 1.72. The number of halogens is 4. The smallest absolute Gasteiger partial charge is 0.126 e. The van der Waals surface area contributed by atoms with E-state index in [2.05, 4.69) is 15.9 Å². The Labute approximate surface area is 124 Å². The van der Waals surface area contributed by atoms with Crippen molar-refractivity contribution in [2.24, 2.45) is 0 Å². The molecule has 18 heavy (non-hydrogen) atoms. The topological polar surface area (TPSA) is 0 Å². The average molecular weight is 348 g/mol. The van der Waals surface area contributed by atoms with Crippen molar-refractivity contribution in [3.05, 3.63) is 68.9 Å². The lowest BCUT2D eigenvalue weighted by atomic mass is 10.0. The monoisotopic (exact) mass is 346 g/mol. The zero-order chi connectivity index (χ0) is 13.1. The number of hydrogen-bond acceptors (Lipinski definition) is 0. The molecule has 0 saturated carbocycles. The number of rotatable bonds is 3. The first-order valence-electron chi connectivity index (χ1n) is 5.40. The lowest BCUT2D eigenvalue weighted by Gasteiger charge is -2.12. The second-order valence-electron chi connectivity index (χ2n) is 3.93. The molecule has 0 heterocycles. The minimum Gasteiger partial charge on any atom is -0.207 e. The van der Waals surface area contributed by atoms with E-state index in [9.17, 15) is 4.39 Å². The summed E-state index contributed by atoms with van der Waals surface area (Å²) in [6.45, 7) is 0. The molecule has 94 valence electrons. The lowest BCUT2D eigenvalue weighted by molar-refractivity contribution is 0.607. The predicted octanol–water partition coefficient (Wildman–Crippen LogP) is 5.76. The van der Waals surface area contributed by atoms with Gasteiger partial charge in [0.1, 0.15) is 5.82 Å². The van der Waals surface area contributed by atoms with Crippen molar-refractivity contribution in [3.63, 3.8) is 0 Å². The molecule has 0 aliphatic rings. The molecule has 4 heteroatoms. The molecule has 0 nitrogen and oxygen atoms in total. The standard InChI is InChI=1S/C14H10BrCl2F/c15-12-8-10(16)5-6-11(12)13(17)7-9-3-1-2-4-14(9)18/h1-6,8,13H,7H2. The van der Waals surface area contributed by atoms with Gasteiger partial charge in [-0.05, 0) is 35.7 Å². The predicted molar refractivity (Wildman–Crippen MR) is 77.9 cm³/mol. The summed E-state index contributed by atoms with van der Waals surface area (Å²) < 4.78 is 14.4. The summed E-state index contributed by atoms with van der Waals surface area (Å²) in [7, 11) is 0. The van der Waals surface area contributed by atoms with E-state index >= 15 is 0 Å². The van der Waals surface area contributed by atoms with Crippen LogP contribution in [0.1, 0.15) is 16.5 Å². The Bertz CT molecular complexity index is 557. The van der Waals surface area contributed by atoms with Crippen LogP contribution in [-0.2, 0) is 6.42 Å². The molecule has 0 amide bonds. The molecule has 0 radical (unpaired) electrons. The molecule has 0 bridgehead atoms. The van der Waals surface area contributed by atoms with Crippen molar-refractivity contribution in [3.8, 4) is 0 Å². The highest BCUT2D eigenvalue weighted by atomic mass is 79.9. The van der Waals surface area contributed by atoms with Crippen LogP contribution in [0.3, 0.4) is 0 Å². The van der Waals surface area contributed by atoms with Gasteiger partial charge in [-0.2, -0.15) is 0 Å². The number of benzene rings is 2. The van der Waals surface area contributed by atoms with Gasteiger partial charge < -0.3 is 0 Å². The van der Waals surface area contributed by atoms with Gasteiger partial charge in [-0.25, -0.2) is 4.39 Å². The van der Waals surface area contributed by atoms with Crippen LogP contribution in [-0.4, -0.2) is 0 Å². The average Bonchev–Trinajstić information content (AvgIpc) is 2.32. The van der Waals surface area contributed by atoms with Gasteiger partial charge in [-0.15, -0.1) is 11.6 Å². The van der Waals surface area contributed by atoms with Crippen molar-refractivity contribution < 1.29 is 4.39 Å². The zero-order valence-corrected chi connectivity index (χ0v) is 12.4. The van der Waals surface area contributed by atoms with Crippen LogP contribution < -0.4 is 0 Å². The first kappa shape index (κ1) is 13.9. The Balaban J connectivity index is 2.22. The fraction of sp³-hybridized carbons (Fsp3) is 0.143. The van der Waals surface area contributed by atoms with Crippen LogP contribution >= 0.6 is 39.1 Å². The molecule has 0 saturated heterocycles. The van der Waals surface area contributed by atoms with Gasteiger partial charge >= 0.3 is 0 Å². The van der Waals surface area contributed by atoms with Gasteiger partial charge in [0.25, 0.3) is 0 Å². The van der Waals surface area contributed by atoms with E-state index in [4.69, 9.17) is 23.2 Å². The van der Waals surface area contributed by atoms with E-state index in [-0.39, 0.29) is 11.2 Å². The molecule has 0 aliphatic carbocycles. The Kier molecular flexibility index (Phi) is 4.66. The number of alkyl halides is 1. The maximum absolute atomic E-state index is 13.5. The SMILES string of the molecule is Fc1ccccc1CC(Cl)c1ccc(Cl)cc1Br. The van der Waals surface area contributed by atoms with Crippen LogP contribution in [0.2, 0.25) is 5.02 Å². The quantitative estimate of drug-likeness (QED) is 0.619. The molecular formula is C14H10BrCl2F. The first-order valence-corrected chi connectivity index (χ1v) is 7.01. The van der Waals surface area contributed by atoms with Crippen molar-refractivity contribution in [1.29, 1.82) is 0 Å². The highest BCUT2D eigenvalue weighted by molar-refractivity contribution is 9.10. The van der Waals surface area contributed by atoms with E-state index in [1.807, 2.05) is 6.07 Å². The molecule has 0 spiro atoms. The minimum absolute atomic E-state index is 0.228. The Hall–Kier alpha value is -0.570. The molecule has 0 aromatic heterocycles. The largest absolute Gasteiger partial charge is 0.207 e. The van der Waals surface area contributed by atoms with Crippen LogP contribution in [0.5, 0.6) is 0 Å². The molecule has 2 aromatic carbocycles. The summed E-state index contributed by atoms with van der Waals surface area (Å²) in [5, 5.41) is 0.342. The second-order valence-corrected chi connectivity index (χ2v) is 5.75. The molecular weight excluding hydrogens is 338 g/mol. The van der Waals surface area contributed by atoms with Crippen LogP contribution in [0.15, 0.2) is 46.9 Å². The third-order valence-electron chi connectivity index (χ3n) is 2.66. The summed E-state index contributed by atoms with van der Waals surface area (Å²) in [5.74, 6) is -0.228.